The van der Waals surface area contributed by atoms with Crippen LogP contribution in [0.1, 0.15) is 13.8 Å². The molecule has 0 aromatic heterocycles. The summed E-state index contributed by atoms with van der Waals surface area (Å²) in [5, 5.41) is 0. The molecule has 0 aliphatic heterocycles. The molecule has 0 fully saturated rings. The molecule has 0 N–H and O–H groups in total. The van der Waals surface area contributed by atoms with Crippen molar-refractivity contribution in [2.45, 2.75) is 17.8 Å². The van der Waals surface area contributed by atoms with E-state index < -0.39 is 17.3 Å². The number of rotatable bonds is 3. The molecule has 0 nitrogen and oxygen atoms in total. The Kier molecular flexibility index (Phi) is 4.16. The zero-order valence-electron chi connectivity index (χ0n) is 10.2. The van der Waals surface area contributed by atoms with Crippen molar-refractivity contribution in [1.82, 2.24) is 0 Å². The second-order valence-corrected chi connectivity index (χ2v) is 19.3. The van der Waals surface area contributed by atoms with Gasteiger partial charge in [-0.1, -0.05) is 0 Å². The molecule has 0 bridgehead atoms. The summed E-state index contributed by atoms with van der Waals surface area (Å²) in [6.07, 6.45) is 0. The Labute approximate surface area is 111 Å². The van der Waals surface area contributed by atoms with Gasteiger partial charge >= 0.3 is 112 Å². The average Bonchev–Trinajstić information content (AvgIpc) is 2.39. The molecule has 0 spiro atoms. The molecule has 88 valence electrons. The zero-order valence-corrected chi connectivity index (χ0v) is 13.8. The van der Waals surface area contributed by atoms with Crippen LogP contribution in [0.5, 0.6) is 0 Å². The fourth-order valence-electron chi connectivity index (χ4n) is 2.19. The fourth-order valence-corrected chi connectivity index (χ4v) is 12.5. The second-order valence-electron chi connectivity index (χ2n) is 4.60. The number of halogens is 1. The molecule has 17 heavy (non-hydrogen) atoms. The second kappa shape index (κ2) is 5.45. The van der Waals surface area contributed by atoms with Crippen LogP contribution in [0.2, 0.25) is 3.93 Å². The van der Waals surface area contributed by atoms with E-state index in [2.05, 4.69) is 74.5 Å². The summed E-state index contributed by atoms with van der Waals surface area (Å²) in [7, 11) is 7.13. The third kappa shape index (κ3) is 2.53. The Hall–Kier alpha value is -0.471. The van der Waals surface area contributed by atoms with Gasteiger partial charge in [0.05, 0.1) is 0 Å². The van der Waals surface area contributed by atoms with Gasteiger partial charge < -0.3 is 0 Å². The summed E-state index contributed by atoms with van der Waals surface area (Å²) >= 11 is -2.96. The SMILES string of the molecule is C[CH](C)[Sn]([Cl])([c]1ccccc1)[c]1ccccc1. The molecule has 0 atom stereocenters. The van der Waals surface area contributed by atoms with Crippen LogP contribution >= 0.6 is 8.92 Å². The van der Waals surface area contributed by atoms with Gasteiger partial charge in [0.1, 0.15) is 0 Å². The summed E-state index contributed by atoms with van der Waals surface area (Å²) < 4.78 is 3.27. The molecule has 2 rings (SSSR count). The molecule has 2 aromatic rings. The van der Waals surface area contributed by atoms with Crippen molar-refractivity contribution in [3.63, 3.8) is 0 Å². The van der Waals surface area contributed by atoms with E-state index in [9.17, 15) is 0 Å². The minimum absolute atomic E-state index is 0.538. The topological polar surface area (TPSA) is 0 Å². The van der Waals surface area contributed by atoms with Crippen LogP contribution in [0, 0.1) is 0 Å². The van der Waals surface area contributed by atoms with E-state index in [1.165, 1.54) is 7.16 Å². The van der Waals surface area contributed by atoms with E-state index in [4.69, 9.17) is 8.92 Å². The molecule has 0 heterocycles. The van der Waals surface area contributed by atoms with Crippen molar-refractivity contribution in [2.24, 2.45) is 0 Å². The van der Waals surface area contributed by atoms with Gasteiger partial charge in [0.15, 0.2) is 0 Å². The molecule has 0 saturated heterocycles. The number of hydrogen-bond donors (Lipinski definition) is 0. The molecule has 0 aliphatic rings. The Morgan fingerprint density at radius 2 is 1.12 bits per heavy atom. The van der Waals surface area contributed by atoms with Crippen molar-refractivity contribution < 1.29 is 0 Å². The molecule has 0 unspecified atom stereocenters. The van der Waals surface area contributed by atoms with Crippen LogP contribution in [0.3, 0.4) is 0 Å². The number of benzene rings is 2. The fraction of sp³-hybridized carbons (Fsp3) is 0.200. The van der Waals surface area contributed by atoms with E-state index in [1.54, 1.807) is 0 Å². The normalized spacial score (nSPS) is 11.8. The first kappa shape index (κ1) is 13.0. The predicted molar refractivity (Wildman–Crippen MR) is 78.9 cm³/mol. The summed E-state index contributed by atoms with van der Waals surface area (Å²) in [4.78, 5) is 0. The van der Waals surface area contributed by atoms with Gasteiger partial charge in [-0.15, -0.1) is 0 Å². The maximum atomic E-state index is 7.13. The van der Waals surface area contributed by atoms with E-state index in [0.29, 0.717) is 3.93 Å². The third-order valence-electron chi connectivity index (χ3n) is 3.18. The van der Waals surface area contributed by atoms with Gasteiger partial charge in [-0.25, -0.2) is 0 Å². The summed E-state index contributed by atoms with van der Waals surface area (Å²) in [5.74, 6) is 0. The molecular formula is C15H17ClSn. The van der Waals surface area contributed by atoms with Crippen molar-refractivity contribution in [3.8, 4) is 0 Å². The molecule has 0 aliphatic carbocycles. The van der Waals surface area contributed by atoms with Crippen LogP contribution in [-0.2, 0) is 0 Å². The summed E-state index contributed by atoms with van der Waals surface area (Å²) in [6, 6.07) is 21.2. The quantitative estimate of drug-likeness (QED) is 0.744. The van der Waals surface area contributed by atoms with Crippen molar-refractivity contribution >= 4 is 33.3 Å². The van der Waals surface area contributed by atoms with E-state index >= 15 is 0 Å². The van der Waals surface area contributed by atoms with Gasteiger partial charge in [0.25, 0.3) is 0 Å². The zero-order chi connectivity index (χ0) is 12.3. The molecule has 2 heteroatoms. The molecule has 0 radical (unpaired) electrons. The van der Waals surface area contributed by atoms with Crippen molar-refractivity contribution in [3.05, 3.63) is 60.7 Å². The Morgan fingerprint density at radius 1 is 0.765 bits per heavy atom. The first-order chi connectivity index (χ1) is 8.15. The standard InChI is InChI=1S/2C6H5.C3H7.ClH.Sn/c2*1-2-4-6-5-3-1;1-3-2;;/h2*1-5H;3H,1-2H3;1H;/q;;;;+1/p-1. The first-order valence-corrected chi connectivity index (χ1v) is 14.1. The Balaban J connectivity index is 2.55. The maximum absolute atomic E-state index is 7.13. The van der Waals surface area contributed by atoms with Gasteiger partial charge in [-0.05, 0) is 0 Å². The minimum atomic E-state index is -2.96. The van der Waals surface area contributed by atoms with Gasteiger partial charge in [-0.3, -0.25) is 0 Å². The van der Waals surface area contributed by atoms with Gasteiger partial charge in [-0.2, -0.15) is 0 Å². The van der Waals surface area contributed by atoms with E-state index in [1.807, 2.05) is 0 Å². The number of hydrogen-bond acceptors (Lipinski definition) is 0. The van der Waals surface area contributed by atoms with Crippen molar-refractivity contribution in [1.29, 1.82) is 0 Å². The van der Waals surface area contributed by atoms with Gasteiger partial charge in [0.2, 0.25) is 0 Å². The van der Waals surface area contributed by atoms with Crippen LogP contribution in [0.25, 0.3) is 0 Å². The third-order valence-corrected chi connectivity index (χ3v) is 20.3. The predicted octanol–water partition coefficient (Wildman–Crippen LogP) is 3.40. The first-order valence-electron chi connectivity index (χ1n) is 5.95. The Morgan fingerprint density at radius 3 is 1.41 bits per heavy atom. The van der Waals surface area contributed by atoms with E-state index in [-0.39, 0.29) is 0 Å². The summed E-state index contributed by atoms with van der Waals surface area (Å²) in [6.45, 7) is 4.51. The molecule has 0 amide bonds. The van der Waals surface area contributed by atoms with Crippen molar-refractivity contribution in [2.75, 3.05) is 0 Å². The summed E-state index contributed by atoms with van der Waals surface area (Å²) in [5.41, 5.74) is 0. The average molecular weight is 351 g/mol. The van der Waals surface area contributed by atoms with E-state index in [0.717, 1.165) is 0 Å². The van der Waals surface area contributed by atoms with Crippen LogP contribution in [-0.4, -0.2) is 17.3 Å². The molecule has 0 saturated carbocycles. The van der Waals surface area contributed by atoms with Gasteiger partial charge in [0, 0.05) is 0 Å². The van der Waals surface area contributed by atoms with Crippen LogP contribution in [0.4, 0.5) is 0 Å². The Bertz CT molecular complexity index is 425. The molecular weight excluding hydrogens is 334 g/mol. The van der Waals surface area contributed by atoms with Crippen LogP contribution in [0.15, 0.2) is 60.7 Å². The monoisotopic (exact) mass is 352 g/mol. The van der Waals surface area contributed by atoms with Crippen LogP contribution < -0.4 is 7.16 Å². The molecule has 2 aromatic carbocycles.